The third-order valence-corrected chi connectivity index (χ3v) is 2.62. The first-order chi connectivity index (χ1) is 8.24. The van der Waals surface area contributed by atoms with Crippen LogP contribution in [0.3, 0.4) is 0 Å². The molecule has 3 nitrogen and oxygen atoms in total. The number of hydrogen-bond donors (Lipinski definition) is 0. The van der Waals surface area contributed by atoms with Crippen LogP contribution in [0.1, 0.15) is 65.7 Å². The van der Waals surface area contributed by atoms with E-state index in [0.717, 1.165) is 45.1 Å². The van der Waals surface area contributed by atoms with Gasteiger partial charge in [-0.2, -0.15) is 0 Å². The first-order valence-corrected chi connectivity index (χ1v) is 7.01. The number of hydrogen-bond acceptors (Lipinski definition) is 3. The van der Waals surface area contributed by atoms with Crippen molar-refractivity contribution in [2.24, 2.45) is 0 Å². The Morgan fingerprint density at radius 2 is 1.65 bits per heavy atom. The number of carbonyl (C=O) groups excluding carboxylic acids is 1. The fourth-order valence-electron chi connectivity index (χ4n) is 1.54. The van der Waals surface area contributed by atoms with E-state index in [4.69, 9.17) is 9.47 Å². The van der Waals surface area contributed by atoms with Crippen molar-refractivity contribution >= 4 is 5.97 Å². The molecular formula is C14H28O3. The smallest absolute Gasteiger partial charge is 0.308 e. The van der Waals surface area contributed by atoms with E-state index in [1.807, 2.05) is 0 Å². The zero-order valence-electron chi connectivity index (χ0n) is 11.7. The second-order valence-electron chi connectivity index (χ2n) is 4.41. The maximum atomic E-state index is 11.5. The quantitative estimate of drug-likeness (QED) is 0.410. The standard InChI is InChI=1S/C14H28O3/c1-4-7-10-16-13(9-6-3)12-14(15)17-11-8-5-2/h13H,4-12H2,1-3H3. The van der Waals surface area contributed by atoms with Crippen molar-refractivity contribution < 1.29 is 14.3 Å². The molecule has 0 amide bonds. The molecule has 0 aromatic heterocycles. The first-order valence-electron chi connectivity index (χ1n) is 7.01. The van der Waals surface area contributed by atoms with Gasteiger partial charge in [-0.3, -0.25) is 4.79 Å². The molecule has 0 fully saturated rings. The molecule has 3 heteroatoms. The van der Waals surface area contributed by atoms with Crippen molar-refractivity contribution in [3.05, 3.63) is 0 Å². The van der Waals surface area contributed by atoms with Gasteiger partial charge in [0.25, 0.3) is 0 Å². The molecule has 0 bridgehead atoms. The molecule has 0 aromatic rings. The van der Waals surface area contributed by atoms with Gasteiger partial charge in [0.05, 0.1) is 19.1 Å². The summed E-state index contributed by atoms with van der Waals surface area (Å²) in [6.07, 6.45) is 6.61. The average molecular weight is 244 g/mol. The monoisotopic (exact) mass is 244 g/mol. The third kappa shape index (κ3) is 10.3. The lowest BCUT2D eigenvalue weighted by Crippen LogP contribution is -2.20. The van der Waals surface area contributed by atoms with E-state index < -0.39 is 0 Å². The summed E-state index contributed by atoms with van der Waals surface area (Å²) in [7, 11) is 0. The van der Waals surface area contributed by atoms with Crippen LogP contribution >= 0.6 is 0 Å². The zero-order chi connectivity index (χ0) is 12.9. The van der Waals surface area contributed by atoms with E-state index in [9.17, 15) is 4.79 Å². The maximum absolute atomic E-state index is 11.5. The van der Waals surface area contributed by atoms with E-state index >= 15 is 0 Å². The second kappa shape index (κ2) is 11.9. The van der Waals surface area contributed by atoms with Gasteiger partial charge in [-0.25, -0.2) is 0 Å². The molecule has 102 valence electrons. The molecule has 0 aliphatic rings. The maximum Gasteiger partial charge on any atom is 0.308 e. The van der Waals surface area contributed by atoms with Crippen molar-refractivity contribution in [2.45, 2.75) is 71.8 Å². The molecule has 0 N–H and O–H groups in total. The number of rotatable bonds is 11. The molecule has 1 atom stereocenters. The van der Waals surface area contributed by atoms with E-state index in [1.165, 1.54) is 0 Å². The van der Waals surface area contributed by atoms with Crippen LogP contribution in [0.2, 0.25) is 0 Å². The minimum absolute atomic E-state index is 0.0423. The van der Waals surface area contributed by atoms with Crippen LogP contribution in [0.15, 0.2) is 0 Å². The predicted octanol–water partition coefficient (Wildman–Crippen LogP) is 3.71. The highest BCUT2D eigenvalue weighted by atomic mass is 16.5. The highest BCUT2D eigenvalue weighted by Gasteiger charge is 2.14. The molecule has 0 saturated carbocycles. The van der Waals surface area contributed by atoms with Crippen LogP contribution in [-0.4, -0.2) is 25.3 Å². The molecule has 0 radical (unpaired) electrons. The lowest BCUT2D eigenvalue weighted by Gasteiger charge is -2.16. The van der Waals surface area contributed by atoms with E-state index in [0.29, 0.717) is 13.0 Å². The summed E-state index contributed by atoms with van der Waals surface area (Å²) in [5, 5.41) is 0. The molecular weight excluding hydrogens is 216 g/mol. The van der Waals surface area contributed by atoms with Gasteiger partial charge in [0.2, 0.25) is 0 Å². The highest BCUT2D eigenvalue weighted by Crippen LogP contribution is 2.09. The minimum Gasteiger partial charge on any atom is -0.466 e. The summed E-state index contributed by atoms with van der Waals surface area (Å²) in [5.41, 5.74) is 0. The van der Waals surface area contributed by atoms with Crippen molar-refractivity contribution in [3.63, 3.8) is 0 Å². The van der Waals surface area contributed by atoms with Gasteiger partial charge < -0.3 is 9.47 Å². The summed E-state index contributed by atoms with van der Waals surface area (Å²) < 4.78 is 10.8. The summed E-state index contributed by atoms with van der Waals surface area (Å²) >= 11 is 0. The molecule has 0 rings (SSSR count). The summed E-state index contributed by atoms with van der Waals surface area (Å²) in [6.45, 7) is 7.63. The lowest BCUT2D eigenvalue weighted by atomic mass is 10.1. The minimum atomic E-state index is -0.117. The van der Waals surface area contributed by atoms with Crippen LogP contribution in [0.4, 0.5) is 0 Å². The van der Waals surface area contributed by atoms with Crippen LogP contribution in [0.5, 0.6) is 0 Å². The Morgan fingerprint density at radius 1 is 1.00 bits per heavy atom. The molecule has 0 aliphatic heterocycles. The largest absolute Gasteiger partial charge is 0.466 e. The third-order valence-electron chi connectivity index (χ3n) is 2.62. The van der Waals surface area contributed by atoms with Crippen LogP contribution in [-0.2, 0) is 14.3 Å². The van der Waals surface area contributed by atoms with Crippen LogP contribution in [0.25, 0.3) is 0 Å². The second-order valence-corrected chi connectivity index (χ2v) is 4.41. The number of ether oxygens (including phenoxy) is 2. The van der Waals surface area contributed by atoms with Crippen molar-refractivity contribution in [2.75, 3.05) is 13.2 Å². The molecule has 0 aromatic carbocycles. The molecule has 0 saturated heterocycles. The molecule has 1 unspecified atom stereocenters. The lowest BCUT2D eigenvalue weighted by molar-refractivity contribution is -0.147. The fourth-order valence-corrected chi connectivity index (χ4v) is 1.54. The van der Waals surface area contributed by atoms with Gasteiger partial charge in [-0.1, -0.05) is 40.0 Å². The number of carbonyl (C=O) groups is 1. The van der Waals surface area contributed by atoms with E-state index in [1.54, 1.807) is 0 Å². The van der Waals surface area contributed by atoms with Gasteiger partial charge in [0.1, 0.15) is 0 Å². The molecule has 0 aliphatic carbocycles. The number of unbranched alkanes of at least 4 members (excludes halogenated alkanes) is 2. The summed E-state index contributed by atoms with van der Waals surface area (Å²) in [5.74, 6) is -0.117. The SMILES string of the molecule is CCCCOC(=O)CC(CCC)OCCCC. The Kier molecular flexibility index (Phi) is 11.5. The van der Waals surface area contributed by atoms with Crippen molar-refractivity contribution in [1.82, 2.24) is 0 Å². The van der Waals surface area contributed by atoms with E-state index in [-0.39, 0.29) is 12.1 Å². The van der Waals surface area contributed by atoms with Crippen molar-refractivity contribution in [3.8, 4) is 0 Å². The summed E-state index contributed by atoms with van der Waals surface area (Å²) in [6, 6.07) is 0. The van der Waals surface area contributed by atoms with E-state index in [2.05, 4.69) is 20.8 Å². The number of esters is 1. The van der Waals surface area contributed by atoms with Crippen LogP contribution in [0, 0.1) is 0 Å². The topological polar surface area (TPSA) is 35.5 Å². The Morgan fingerprint density at radius 3 is 2.24 bits per heavy atom. The zero-order valence-corrected chi connectivity index (χ0v) is 11.7. The average Bonchev–Trinajstić information content (AvgIpc) is 2.30. The summed E-state index contributed by atoms with van der Waals surface area (Å²) in [4.78, 5) is 11.5. The normalized spacial score (nSPS) is 12.4. The molecule has 0 spiro atoms. The highest BCUT2D eigenvalue weighted by molar-refractivity contribution is 5.69. The first kappa shape index (κ1) is 16.4. The van der Waals surface area contributed by atoms with Crippen molar-refractivity contribution in [1.29, 1.82) is 0 Å². The molecule has 17 heavy (non-hydrogen) atoms. The van der Waals surface area contributed by atoms with Gasteiger partial charge in [-0.15, -0.1) is 0 Å². The van der Waals surface area contributed by atoms with Gasteiger partial charge in [0.15, 0.2) is 0 Å². The van der Waals surface area contributed by atoms with Crippen LogP contribution < -0.4 is 0 Å². The van der Waals surface area contributed by atoms with Gasteiger partial charge in [-0.05, 0) is 19.3 Å². The Hall–Kier alpha value is -0.570. The Bertz CT molecular complexity index is 180. The molecule has 0 heterocycles. The van der Waals surface area contributed by atoms with Gasteiger partial charge in [0, 0.05) is 6.61 Å². The van der Waals surface area contributed by atoms with Gasteiger partial charge >= 0.3 is 5.97 Å². The predicted molar refractivity (Wildman–Crippen MR) is 70.0 cm³/mol. The fraction of sp³-hybridized carbons (Fsp3) is 0.929. The Balaban J connectivity index is 3.76. The Labute approximate surface area is 106 Å².